The smallest absolute Gasteiger partial charge is 0.335 e. The van der Waals surface area contributed by atoms with Crippen molar-refractivity contribution in [3.8, 4) is 0 Å². The van der Waals surface area contributed by atoms with Gasteiger partial charge in [0.1, 0.15) is 6.29 Å². The number of allylic oxidation sites excluding steroid dienone is 3. The largest absolute Gasteiger partial charge is 0.478 e. The van der Waals surface area contributed by atoms with Crippen molar-refractivity contribution in [2.45, 2.75) is 6.42 Å². The Kier molecular flexibility index (Phi) is 3.17. The molecule has 0 aromatic carbocycles. The van der Waals surface area contributed by atoms with E-state index in [2.05, 4.69) is 0 Å². The Morgan fingerprint density at radius 3 is 2.33 bits per heavy atom. The fourth-order valence-electron chi connectivity index (χ4n) is 1.11. The van der Waals surface area contributed by atoms with Crippen molar-refractivity contribution < 1.29 is 24.6 Å². The third-order valence-corrected chi connectivity index (χ3v) is 1.87. The molecule has 0 saturated carbocycles. The Morgan fingerprint density at radius 2 is 1.87 bits per heavy atom. The molecule has 0 aromatic rings. The first-order chi connectivity index (χ1) is 7.04. The molecule has 0 aromatic heterocycles. The molecule has 15 heavy (non-hydrogen) atoms. The summed E-state index contributed by atoms with van der Waals surface area (Å²) in [5, 5.41) is 17.4. The van der Waals surface area contributed by atoms with Gasteiger partial charge in [-0.1, -0.05) is 6.08 Å². The highest BCUT2D eigenvalue weighted by atomic mass is 16.4. The SMILES string of the molecule is O=CC1=CCC(C(=O)O)=CC(C(=O)O)=C1. The lowest BCUT2D eigenvalue weighted by molar-refractivity contribution is -0.132. The zero-order valence-electron chi connectivity index (χ0n) is 7.64. The average Bonchev–Trinajstić information content (AvgIpc) is 2.39. The second-order valence-corrected chi connectivity index (χ2v) is 2.91. The number of carbonyl (C=O) groups excluding carboxylic acids is 1. The Morgan fingerprint density at radius 1 is 1.20 bits per heavy atom. The highest BCUT2D eigenvalue weighted by molar-refractivity contribution is 5.97. The van der Waals surface area contributed by atoms with Gasteiger partial charge in [0.25, 0.3) is 0 Å². The molecule has 0 atom stereocenters. The molecule has 1 aliphatic rings. The standard InChI is InChI=1S/C10H8O5/c11-5-6-1-2-7(9(12)13)4-8(3-6)10(14)15/h1,3-5H,2H2,(H,12,13)(H,14,15). The third kappa shape index (κ3) is 2.63. The van der Waals surface area contributed by atoms with Crippen LogP contribution in [-0.2, 0) is 14.4 Å². The van der Waals surface area contributed by atoms with Crippen molar-refractivity contribution in [2.24, 2.45) is 0 Å². The molecule has 0 amide bonds. The van der Waals surface area contributed by atoms with Crippen LogP contribution in [0.2, 0.25) is 0 Å². The minimum absolute atomic E-state index is 0.0384. The normalized spacial score (nSPS) is 15.6. The minimum Gasteiger partial charge on any atom is -0.478 e. The van der Waals surface area contributed by atoms with Gasteiger partial charge in [0.15, 0.2) is 0 Å². The van der Waals surface area contributed by atoms with Crippen LogP contribution in [0.15, 0.2) is 34.9 Å². The zero-order chi connectivity index (χ0) is 11.4. The molecule has 5 nitrogen and oxygen atoms in total. The van der Waals surface area contributed by atoms with Gasteiger partial charge in [-0.2, -0.15) is 0 Å². The molecule has 0 unspecified atom stereocenters. The Labute approximate surface area is 85.0 Å². The summed E-state index contributed by atoms with van der Waals surface area (Å²) in [5.74, 6) is -2.45. The summed E-state index contributed by atoms with van der Waals surface area (Å²) in [6, 6.07) is 0. The van der Waals surface area contributed by atoms with Gasteiger partial charge in [-0.3, -0.25) is 4.79 Å². The van der Waals surface area contributed by atoms with Gasteiger partial charge in [0.05, 0.1) is 5.57 Å². The number of aliphatic carboxylic acids is 2. The predicted octanol–water partition coefficient (Wildman–Crippen LogP) is 0.537. The number of carboxylic acid groups (broad SMARTS) is 2. The monoisotopic (exact) mass is 208 g/mol. The van der Waals surface area contributed by atoms with E-state index in [4.69, 9.17) is 10.2 Å². The molecule has 2 N–H and O–H groups in total. The Balaban J connectivity index is 3.18. The van der Waals surface area contributed by atoms with Crippen LogP contribution in [0.4, 0.5) is 0 Å². The summed E-state index contributed by atoms with van der Waals surface area (Å²) in [6.07, 6.45) is 4.10. The molecule has 78 valence electrons. The van der Waals surface area contributed by atoms with E-state index in [1.54, 1.807) is 0 Å². The third-order valence-electron chi connectivity index (χ3n) is 1.87. The van der Waals surface area contributed by atoms with Crippen molar-refractivity contribution in [1.82, 2.24) is 0 Å². The first-order valence-electron chi connectivity index (χ1n) is 4.09. The number of aldehydes is 1. The van der Waals surface area contributed by atoms with Gasteiger partial charge in [0, 0.05) is 11.1 Å². The summed E-state index contributed by atoms with van der Waals surface area (Å²) in [5.41, 5.74) is -0.0938. The maximum Gasteiger partial charge on any atom is 0.335 e. The van der Waals surface area contributed by atoms with Crippen molar-refractivity contribution in [2.75, 3.05) is 0 Å². The molecule has 0 fully saturated rings. The van der Waals surface area contributed by atoms with E-state index in [1.807, 2.05) is 0 Å². The lowest BCUT2D eigenvalue weighted by Gasteiger charge is -1.96. The highest BCUT2D eigenvalue weighted by Crippen LogP contribution is 2.16. The van der Waals surface area contributed by atoms with Crippen LogP contribution in [0.5, 0.6) is 0 Å². The van der Waals surface area contributed by atoms with Crippen molar-refractivity contribution in [3.05, 3.63) is 34.9 Å². The predicted molar refractivity (Wildman–Crippen MR) is 50.2 cm³/mol. The van der Waals surface area contributed by atoms with E-state index in [-0.39, 0.29) is 23.1 Å². The lowest BCUT2D eigenvalue weighted by Crippen LogP contribution is -2.03. The maximum atomic E-state index is 10.7. The van der Waals surface area contributed by atoms with Crippen LogP contribution in [0.25, 0.3) is 0 Å². The van der Waals surface area contributed by atoms with Gasteiger partial charge in [-0.05, 0) is 18.6 Å². The van der Waals surface area contributed by atoms with Crippen LogP contribution in [-0.4, -0.2) is 28.4 Å². The molecule has 0 bridgehead atoms. The van der Waals surface area contributed by atoms with Crippen molar-refractivity contribution in [1.29, 1.82) is 0 Å². The number of hydrogen-bond acceptors (Lipinski definition) is 3. The van der Waals surface area contributed by atoms with Gasteiger partial charge < -0.3 is 10.2 Å². The lowest BCUT2D eigenvalue weighted by atomic mass is 10.1. The minimum atomic E-state index is -1.26. The Hall–Kier alpha value is -2.17. The Bertz CT molecular complexity index is 412. The first kappa shape index (κ1) is 10.9. The van der Waals surface area contributed by atoms with Crippen LogP contribution < -0.4 is 0 Å². The molecule has 1 rings (SSSR count). The average molecular weight is 208 g/mol. The topological polar surface area (TPSA) is 91.7 Å². The molecule has 0 spiro atoms. The van der Waals surface area contributed by atoms with Gasteiger partial charge in [0.2, 0.25) is 0 Å². The zero-order valence-corrected chi connectivity index (χ0v) is 7.64. The summed E-state index contributed by atoms with van der Waals surface area (Å²) < 4.78 is 0. The summed E-state index contributed by atoms with van der Waals surface area (Å²) in [6.45, 7) is 0. The summed E-state index contributed by atoms with van der Waals surface area (Å²) >= 11 is 0. The van der Waals surface area contributed by atoms with E-state index < -0.39 is 11.9 Å². The second kappa shape index (κ2) is 4.36. The number of rotatable bonds is 3. The molecular formula is C10H8O5. The van der Waals surface area contributed by atoms with E-state index in [0.717, 1.165) is 12.2 Å². The van der Waals surface area contributed by atoms with E-state index in [1.165, 1.54) is 6.08 Å². The number of hydrogen-bond donors (Lipinski definition) is 2. The molecule has 0 aliphatic heterocycles. The van der Waals surface area contributed by atoms with Crippen molar-refractivity contribution in [3.63, 3.8) is 0 Å². The fraction of sp³-hybridized carbons (Fsp3) is 0.100. The molecular weight excluding hydrogens is 200 g/mol. The van der Waals surface area contributed by atoms with E-state index in [9.17, 15) is 14.4 Å². The van der Waals surface area contributed by atoms with Crippen molar-refractivity contribution >= 4 is 18.2 Å². The number of carbonyl (C=O) groups is 3. The molecule has 0 heterocycles. The first-order valence-corrected chi connectivity index (χ1v) is 4.09. The molecule has 5 heteroatoms. The summed E-state index contributed by atoms with van der Waals surface area (Å²) in [7, 11) is 0. The molecule has 0 radical (unpaired) electrons. The summed E-state index contributed by atoms with van der Waals surface area (Å²) in [4.78, 5) is 31.8. The quantitative estimate of drug-likeness (QED) is 0.660. The van der Waals surface area contributed by atoms with Gasteiger partial charge in [-0.25, -0.2) is 9.59 Å². The van der Waals surface area contributed by atoms with E-state index in [0.29, 0.717) is 6.29 Å². The van der Waals surface area contributed by atoms with Crippen LogP contribution in [0, 0.1) is 0 Å². The second-order valence-electron chi connectivity index (χ2n) is 2.91. The fourth-order valence-corrected chi connectivity index (χ4v) is 1.11. The van der Waals surface area contributed by atoms with Crippen LogP contribution in [0.3, 0.4) is 0 Å². The van der Waals surface area contributed by atoms with Crippen LogP contribution in [0.1, 0.15) is 6.42 Å². The molecule has 1 aliphatic carbocycles. The van der Waals surface area contributed by atoms with E-state index >= 15 is 0 Å². The van der Waals surface area contributed by atoms with Gasteiger partial charge in [-0.15, -0.1) is 0 Å². The van der Waals surface area contributed by atoms with Gasteiger partial charge >= 0.3 is 11.9 Å². The molecule has 0 saturated heterocycles. The number of carboxylic acids is 2. The van der Waals surface area contributed by atoms with Crippen LogP contribution >= 0.6 is 0 Å². The maximum absolute atomic E-state index is 10.7. The highest BCUT2D eigenvalue weighted by Gasteiger charge is 2.14.